The van der Waals surface area contributed by atoms with Crippen molar-refractivity contribution in [3.05, 3.63) is 53.3 Å². The Morgan fingerprint density at radius 3 is 2.41 bits per heavy atom. The Labute approximate surface area is 127 Å². The van der Waals surface area contributed by atoms with Crippen LogP contribution in [0.1, 0.15) is 5.56 Å². The van der Waals surface area contributed by atoms with Crippen molar-refractivity contribution >= 4 is 11.6 Å². The SMILES string of the molecule is FC(F)(F)c1ccc(-c2noc(-c3cccnc3Cl)n2)cc1. The van der Waals surface area contributed by atoms with Crippen molar-refractivity contribution < 1.29 is 17.7 Å². The van der Waals surface area contributed by atoms with E-state index in [1.54, 1.807) is 12.1 Å². The van der Waals surface area contributed by atoms with Gasteiger partial charge in [-0.25, -0.2) is 4.98 Å². The molecule has 0 amide bonds. The summed E-state index contributed by atoms with van der Waals surface area (Å²) in [6, 6.07) is 7.79. The number of benzene rings is 1. The van der Waals surface area contributed by atoms with E-state index in [0.29, 0.717) is 11.1 Å². The van der Waals surface area contributed by atoms with Crippen LogP contribution < -0.4 is 0 Å². The van der Waals surface area contributed by atoms with Crippen molar-refractivity contribution in [2.45, 2.75) is 6.18 Å². The van der Waals surface area contributed by atoms with E-state index in [2.05, 4.69) is 15.1 Å². The van der Waals surface area contributed by atoms with Crippen LogP contribution in [0.25, 0.3) is 22.8 Å². The van der Waals surface area contributed by atoms with Crippen molar-refractivity contribution in [1.82, 2.24) is 15.1 Å². The molecule has 0 radical (unpaired) electrons. The quantitative estimate of drug-likeness (QED) is 0.652. The van der Waals surface area contributed by atoms with Gasteiger partial charge in [0.25, 0.3) is 5.89 Å². The van der Waals surface area contributed by atoms with Crippen LogP contribution in [0.2, 0.25) is 5.15 Å². The molecule has 0 saturated heterocycles. The highest BCUT2D eigenvalue weighted by Gasteiger charge is 2.30. The van der Waals surface area contributed by atoms with Crippen LogP contribution in [0.15, 0.2) is 47.1 Å². The maximum absolute atomic E-state index is 12.5. The number of nitrogens with zero attached hydrogens (tertiary/aromatic N) is 3. The number of rotatable bonds is 2. The molecule has 0 spiro atoms. The van der Waals surface area contributed by atoms with Gasteiger partial charge in [0.15, 0.2) is 0 Å². The molecule has 0 atom stereocenters. The fourth-order valence-corrected chi connectivity index (χ4v) is 2.00. The van der Waals surface area contributed by atoms with E-state index in [9.17, 15) is 13.2 Å². The van der Waals surface area contributed by atoms with E-state index in [1.807, 2.05) is 0 Å². The van der Waals surface area contributed by atoms with E-state index >= 15 is 0 Å². The molecule has 0 aliphatic rings. The van der Waals surface area contributed by atoms with Gasteiger partial charge < -0.3 is 4.52 Å². The third-order valence-electron chi connectivity index (χ3n) is 2.89. The van der Waals surface area contributed by atoms with Crippen molar-refractivity contribution in [1.29, 1.82) is 0 Å². The Hall–Kier alpha value is -2.41. The van der Waals surface area contributed by atoms with E-state index < -0.39 is 11.7 Å². The highest BCUT2D eigenvalue weighted by Crippen LogP contribution is 2.31. The molecular formula is C14H7ClF3N3O. The van der Waals surface area contributed by atoms with E-state index in [4.69, 9.17) is 16.1 Å². The van der Waals surface area contributed by atoms with E-state index in [1.165, 1.54) is 18.3 Å². The van der Waals surface area contributed by atoms with Gasteiger partial charge in [0, 0.05) is 11.8 Å². The molecule has 0 N–H and O–H groups in total. The third kappa shape index (κ3) is 2.80. The Morgan fingerprint density at radius 2 is 1.77 bits per heavy atom. The van der Waals surface area contributed by atoms with Gasteiger partial charge in [0.2, 0.25) is 5.82 Å². The third-order valence-corrected chi connectivity index (χ3v) is 3.19. The van der Waals surface area contributed by atoms with Crippen LogP contribution in [-0.2, 0) is 6.18 Å². The van der Waals surface area contributed by atoms with Crippen molar-refractivity contribution in [3.63, 3.8) is 0 Å². The molecule has 0 aliphatic carbocycles. The molecule has 3 rings (SSSR count). The second kappa shape index (κ2) is 5.42. The minimum absolute atomic E-state index is 0.146. The zero-order valence-electron chi connectivity index (χ0n) is 10.8. The lowest BCUT2D eigenvalue weighted by molar-refractivity contribution is -0.137. The summed E-state index contributed by atoms with van der Waals surface area (Å²) in [4.78, 5) is 8.01. The zero-order chi connectivity index (χ0) is 15.7. The average molecular weight is 326 g/mol. The lowest BCUT2D eigenvalue weighted by Crippen LogP contribution is -2.04. The fraction of sp³-hybridized carbons (Fsp3) is 0.0714. The maximum atomic E-state index is 12.5. The van der Waals surface area contributed by atoms with Crippen molar-refractivity contribution in [2.24, 2.45) is 0 Å². The summed E-state index contributed by atoms with van der Waals surface area (Å²) in [6.45, 7) is 0. The number of hydrogen-bond donors (Lipinski definition) is 0. The molecule has 0 saturated carbocycles. The van der Waals surface area contributed by atoms with Gasteiger partial charge in [-0.1, -0.05) is 28.9 Å². The second-order valence-corrected chi connectivity index (χ2v) is 4.70. The molecule has 0 unspecified atom stereocenters. The normalized spacial score (nSPS) is 11.6. The van der Waals surface area contributed by atoms with Gasteiger partial charge in [0.05, 0.1) is 11.1 Å². The smallest absolute Gasteiger partial charge is 0.333 e. The molecule has 2 aromatic heterocycles. The first kappa shape index (κ1) is 14.5. The Morgan fingerprint density at radius 1 is 1.05 bits per heavy atom. The average Bonchev–Trinajstić information content (AvgIpc) is 2.96. The molecule has 3 aromatic rings. The molecule has 0 aliphatic heterocycles. The summed E-state index contributed by atoms with van der Waals surface area (Å²) in [5.74, 6) is 0.316. The second-order valence-electron chi connectivity index (χ2n) is 4.34. The summed E-state index contributed by atoms with van der Waals surface area (Å²) >= 11 is 5.92. The summed E-state index contributed by atoms with van der Waals surface area (Å²) < 4.78 is 42.6. The Bertz CT molecular complexity index is 800. The van der Waals surface area contributed by atoms with Gasteiger partial charge in [-0.05, 0) is 24.3 Å². The van der Waals surface area contributed by atoms with Crippen LogP contribution in [-0.4, -0.2) is 15.1 Å². The number of hydrogen-bond acceptors (Lipinski definition) is 4. The minimum atomic E-state index is -4.38. The first-order valence-electron chi connectivity index (χ1n) is 6.07. The predicted octanol–water partition coefficient (Wildman–Crippen LogP) is 4.47. The van der Waals surface area contributed by atoms with Crippen LogP contribution >= 0.6 is 11.6 Å². The number of alkyl halides is 3. The summed E-state index contributed by atoms with van der Waals surface area (Å²) in [5.41, 5.74) is 0.119. The topological polar surface area (TPSA) is 51.8 Å². The Kier molecular flexibility index (Phi) is 3.58. The number of halogens is 4. The number of aromatic nitrogens is 3. The van der Waals surface area contributed by atoms with Crippen LogP contribution in [0.3, 0.4) is 0 Å². The molecule has 0 fully saturated rings. The van der Waals surface area contributed by atoms with Gasteiger partial charge in [-0.15, -0.1) is 0 Å². The van der Waals surface area contributed by atoms with E-state index in [-0.39, 0.29) is 16.9 Å². The van der Waals surface area contributed by atoms with Crippen LogP contribution in [0.5, 0.6) is 0 Å². The molecule has 8 heteroatoms. The molecule has 112 valence electrons. The highest BCUT2D eigenvalue weighted by molar-refractivity contribution is 6.31. The first-order valence-corrected chi connectivity index (χ1v) is 6.45. The standard InChI is InChI=1S/C14H7ClF3N3O/c15-11-10(2-1-7-19-11)13-20-12(21-22-13)8-3-5-9(6-4-8)14(16,17)18/h1-7H. The lowest BCUT2D eigenvalue weighted by atomic mass is 10.1. The van der Waals surface area contributed by atoms with Gasteiger partial charge in [0.1, 0.15) is 5.15 Å². The molecule has 22 heavy (non-hydrogen) atoms. The largest absolute Gasteiger partial charge is 0.416 e. The highest BCUT2D eigenvalue weighted by atomic mass is 35.5. The summed E-state index contributed by atoms with van der Waals surface area (Å²) in [6.07, 6.45) is -2.87. The number of pyridine rings is 1. The molecule has 0 bridgehead atoms. The maximum Gasteiger partial charge on any atom is 0.416 e. The first-order chi connectivity index (χ1) is 10.4. The summed E-state index contributed by atoms with van der Waals surface area (Å²) in [5, 5.41) is 3.94. The molecular weight excluding hydrogens is 319 g/mol. The molecule has 4 nitrogen and oxygen atoms in total. The zero-order valence-corrected chi connectivity index (χ0v) is 11.6. The summed E-state index contributed by atoms with van der Waals surface area (Å²) in [7, 11) is 0. The predicted molar refractivity (Wildman–Crippen MR) is 73.0 cm³/mol. The molecule has 1 aromatic carbocycles. The van der Waals surface area contributed by atoms with Crippen LogP contribution in [0, 0.1) is 0 Å². The van der Waals surface area contributed by atoms with Crippen molar-refractivity contribution in [3.8, 4) is 22.8 Å². The van der Waals surface area contributed by atoms with Crippen molar-refractivity contribution in [2.75, 3.05) is 0 Å². The fourth-order valence-electron chi connectivity index (χ4n) is 1.80. The lowest BCUT2D eigenvalue weighted by Gasteiger charge is -2.05. The van der Waals surface area contributed by atoms with Gasteiger partial charge in [-0.2, -0.15) is 18.2 Å². The minimum Gasteiger partial charge on any atom is -0.333 e. The van der Waals surface area contributed by atoms with Gasteiger partial charge in [-0.3, -0.25) is 0 Å². The molecule has 2 heterocycles. The van der Waals surface area contributed by atoms with Gasteiger partial charge >= 0.3 is 6.18 Å². The van der Waals surface area contributed by atoms with Crippen LogP contribution in [0.4, 0.5) is 13.2 Å². The Balaban J connectivity index is 1.93. The van der Waals surface area contributed by atoms with E-state index in [0.717, 1.165) is 12.1 Å². The monoisotopic (exact) mass is 325 g/mol.